The first-order chi connectivity index (χ1) is 7.02. The van der Waals surface area contributed by atoms with Crippen molar-refractivity contribution in [2.24, 2.45) is 11.8 Å². The van der Waals surface area contributed by atoms with Crippen molar-refractivity contribution in [1.82, 2.24) is 9.97 Å². The number of aryl methyl sites for hydroxylation is 1. The Morgan fingerprint density at radius 2 is 2.00 bits per heavy atom. The van der Waals surface area contributed by atoms with Crippen molar-refractivity contribution in [2.45, 2.75) is 38.0 Å². The normalized spacial score (nSPS) is 12.9. The second-order valence-electron chi connectivity index (χ2n) is 3.85. The predicted molar refractivity (Wildman–Crippen MR) is 64.7 cm³/mol. The second kappa shape index (κ2) is 5.32. The molecule has 0 saturated heterocycles. The summed E-state index contributed by atoms with van der Waals surface area (Å²) in [6, 6.07) is 1.87. The SMILES string of the molecule is Cc1nc(NN)cc(SC(C)C(C)C)n1. The number of hydrazine groups is 1. The monoisotopic (exact) mass is 226 g/mol. The van der Waals surface area contributed by atoms with E-state index in [1.54, 1.807) is 11.8 Å². The third kappa shape index (κ3) is 3.68. The summed E-state index contributed by atoms with van der Waals surface area (Å²) in [5.41, 5.74) is 2.55. The maximum Gasteiger partial charge on any atom is 0.144 e. The smallest absolute Gasteiger partial charge is 0.144 e. The van der Waals surface area contributed by atoms with Gasteiger partial charge in [-0.2, -0.15) is 0 Å². The number of rotatable bonds is 4. The standard InChI is InChI=1S/C10H18N4S/c1-6(2)7(3)15-10-5-9(14-11)12-8(4)13-10/h5-7H,11H2,1-4H3,(H,12,13,14). The van der Waals surface area contributed by atoms with Crippen LogP contribution < -0.4 is 11.3 Å². The molecule has 4 nitrogen and oxygen atoms in total. The number of nitrogens with zero attached hydrogens (tertiary/aromatic N) is 2. The van der Waals surface area contributed by atoms with Gasteiger partial charge < -0.3 is 5.43 Å². The molecule has 1 atom stereocenters. The van der Waals surface area contributed by atoms with Crippen molar-refractivity contribution in [3.63, 3.8) is 0 Å². The van der Waals surface area contributed by atoms with E-state index in [1.807, 2.05) is 13.0 Å². The molecule has 5 heteroatoms. The van der Waals surface area contributed by atoms with Crippen LogP contribution in [-0.4, -0.2) is 15.2 Å². The van der Waals surface area contributed by atoms with Crippen molar-refractivity contribution >= 4 is 17.6 Å². The summed E-state index contributed by atoms with van der Waals surface area (Å²) in [6.45, 7) is 8.47. The van der Waals surface area contributed by atoms with Gasteiger partial charge in [0.25, 0.3) is 0 Å². The Hall–Kier alpha value is -0.810. The number of nitrogen functional groups attached to an aromatic ring is 1. The third-order valence-corrected chi connectivity index (χ3v) is 3.57. The molecule has 0 spiro atoms. The Balaban J connectivity index is 2.80. The zero-order valence-corrected chi connectivity index (χ0v) is 10.4. The Kier molecular flexibility index (Phi) is 4.35. The van der Waals surface area contributed by atoms with Crippen molar-refractivity contribution in [3.05, 3.63) is 11.9 Å². The lowest BCUT2D eigenvalue weighted by Crippen LogP contribution is -2.11. The molecular weight excluding hydrogens is 208 g/mol. The van der Waals surface area contributed by atoms with E-state index in [9.17, 15) is 0 Å². The molecule has 84 valence electrons. The molecule has 0 aliphatic rings. The minimum Gasteiger partial charge on any atom is -0.308 e. The number of hydrogen-bond acceptors (Lipinski definition) is 5. The number of nitrogens with two attached hydrogens (primary N) is 1. The van der Waals surface area contributed by atoms with Crippen LogP contribution in [0.1, 0.15) is 26.6 Å². The van der Waals surface area contributed by atoms with E-state index in [-0.39, 0.29) is 0 Å². The lowest BCUT2D eigenvalue weighted by Gasteiger charge is -2.14. The molecular formula is C10H18N4S. The fourth-order valence-corrected chi connectivity index (χ4v) is 2.02. The van der Waals surface area contributed by atoms with E-state index in [0.29, 0.717) is 17.0 Å². The average molecular weight is 226 g/mol. The van der Waals surface area contributed by atoms with E-state index in [0.717, 1.165) is 10.9 Å². The van der Waals surface area contributed by atoms with E-state index >= 15 is 0 Å². The summed E-state index contributed by atoms with van der Waals surface area (Å²) in [5.74, 6) is 7.36. The maximum atomic E-state index is 5.33. The molecule has 1 aromatic heterocycles. The van der Waals surface area contributed by atoms with Gasteiger partial charge in [0.2, 0.25) is 0 Å². The number of aromatic nitrogens is 2. The molecule has 0 bridgehead atoms. The van der Waals surface area contributed by atoms with Gasteiger partial charge in [-0.15, -0.1) is 11.8 Å². The molecule has 15 heavy (non-hydrogen) atoms. The van der Waals surface area contributed by atoms with Crippen LogP contribution in [0, 0.1) is 12.8 Å². The first kappa shape index (κ1) is 12.3. The summed E-state index contributed by atoms with van der Waals surface area (Å²) >= 11 is 1.75. The molecule has 0 aliphatic heterocycles. The Labute approximate surface area is 95.0 Å². The topological polar surface area (TPSA) is 63.8 Å². The van der Waals surface area contributed by atoms with Gasteiger partial charge >= 0.3 is 0 Å². The Bertz CT molecular complexity index is 327. The first-order valence-corrected chi connectivity index (χ1v) is 5.90. The van der Waals surface area contributed by atoms with E-state index in [2.05, 4.69) is 36.2 Å². The molecule has 0 aromatic carbocycles. The highest BCUT2D eigenvalue weighted by Crippen LogP contribution is 2.27. The van der Waals surface area contributed by atoms with Gasteiger partial charge in [0, 0.05) is 11.3 Å². The van der Waals surface area contributed by atoms with Crippen LogP contribution in [-0.2, 0) is 0 Å². The highest BCUT2D eigenvalue weighted by Gasteiger charge is 2.10. The van der Waals surface area contributed by atoms with Gasteiger partial charge in [0.15, 0.2) is 0 Å². The zero-order chi connectivity index (χ0) is 11.4. The summed E-state index contributed by atoms with van der Waals surface area (Å²) in [4.78, 5) is 8.50. The van der Waals surface area contributed by atoms with E-state index < -0.39 is 0 Å². The molecule has 1 aromatic rings. The molecule has 3 N–H and O–H groups in total. The summed E-state index contributed by atoms with van der Waals surface area (Å²) in [5, 5.41) is 1.50. The first-order valence-electron chi connectivity index (χ1n) is 5.02. The van der Waals surface area contributed by atoms with Crippen LogP contribution in [0.4, 0.5) is 5.82 Å². The second-order valence-corrected chi connectivity index (χ2v) is 5.25. The van der Waals surface area contributed by atoms with Gasteiger partial charge in [-0.05, 0) is 12.8 Å². The molecule has 0 radical (unpaired) electrons. The van der Waals surface area contributed by atoms with Gasteiger partial charge in [0.1, 0.15) is 16.7 Å². The number of anilines is 1. The van der Waals surface area contributed by atoms with Crippen LogP contribution >= 0.6 is 11.8 Å². The highest BCUT2D eigenvalue weighted by molar-refractivity contribution is 7.99. The molecule has 0 fully saturated rings. The Morgan fingerprint density at radius 1 is 1.33 bits per heavy atom. The number of hydrogen-bond donors (Lipinski definition) is 2. The third-order valence-electron chi connectivity index (χ3n) is 2.21. The largest absolute Gasteiger partial charge is 0.308 e. The van der Waals surface area contributed by atoms with Crippen LogP contribution in [0.15, 0.2) is 11.1 Å². The lowest BCUT2D eigenvalue weighted by molar-refractivity contribution is 0.641. The van der Waals surface area contributed by atoms with Crippen LogP contribution in [0.5, 0.6) is 0 Å². The average Bonchev–Trinajstić information content (AvgIpc) is 2.16. The number of nitrogens with one attached hydrogen (secondary N) is 1. The fraction of sp³-hybridized carbons (Fsp3) is 0.600. The van der Waals surface area contributed by atoms with Crippen molar-refractivity contribution in [2.75, 3.05) is 5.43 Å². The zero-order valence-electron chi connectivity index (χ0n) is 9.61. The van der Waals surface area contributed by atoms with E-state index in [1.165, 1.54) is 0 Å². The van der Waals surface area contributed by atoms with Crippen molar-refractivity contribution in [1.29, 1.82) is 0 Å². The molecule has 1 unspecified atom stereocenters. The quantitative estimate of drug-likeness (QED) is 0.357. The maximum absolute atomic E-state index is 5.33. The molecule has 0 aliphatic carbocycles. The number of thioether (sulfide) groups is 1. The van der Waals surface area contributed by atoms with Crippen molar-refractivity contribution < 1.29 is 0 Å². The molecule has 1 rings (SSSR count). The van der Waals surface area contributed by atoms with Crippen LogP contribution in [0.2, 0.25) is 0 Å². The van der Waals surface area contributed by atoms with E-state index in [4.69, 9.17) is 5.84 Å². The molecule has 1 heterocycles. The van der Waals surface area contributed by atoms with Gasteiger partial charge in [0.05, 0.1) is 0 Å². The minimum absolute atomic E-state index is 0.532. The van der Waals surface area contributed by atoms with Crippen molar-refractivity contribution in [3.8, 4) is 0 Å². The lowest BCUT2D eigenvalue weighted by atomic mass is 10.2. The highest BCUT2D eigenvalue weighted by atomic mass is 32.2. The van der Waals surface area contributed by atoms with Gasteiger partial charge in [-0.3, -0.25) is 0 Å². The summed E-state index contributed by atoms with van der Waals surface area (Å²) < 4.78 is 0. The van der Waals surface area contributed by atoms with Crippen LogP contribution in [0.25, 0.3) is 0 Å². The van der Waals surface area contributed by atoms with Crippen LogP contribution in [0.3, 0.4) is 0 Å². The molecule has 0 amide bonds. The summed E-state index contributed by atoms with van der Waals surface area (Å²) in [6.07, 6.45) is 0. The molecule has 0 saturated carbocycles. The minimum atomic E-state index is 0.532. The fourth-order valence-electron chi connectivity index (χ4n) is 1.00. The summed E-state index contributed by atoms with van der Waals surface area (Å²) in [7, 11) is 0. The predicted octanol–water partition coefficient (Wildman–Crippen LogP) is 2.21. The van der Waals surface area contributed by atoms with Gasteiger partial charge in [-0.1, -0.05) is 20.8 Å². The Morgan fingerprint density at radius 3 is 2.53 bits per heavy atom. The van der Waals surface area contributed by atoms with Gasteiger partial charge in [-0.25, -0.2) is 15.8 Å².